The first kappa shape index (κ1) is 18.4. The molecule has 1 aromatic heterocycles. The number of rotatable bonds is 4. The lowest BCUT2D eigenvalue weighted by Gasteiger charge is -2.12. The molecule has 6 nitrogen and oxygen atoms in total. The number of aromatic nitrogens is 1. The number of carboxylic acid groups (broad SMARTS) is 1. The molecule has 3 rings (SSSR count). The number of aliphatic carboxylic acids is 1. The van der Waals surface area contributed by atoms with Gasteiger partial charge in [-0.05, 0) is 45.9 Å². The van der Waals surface area contributed by atoms with Gasteiger partial charge in [-0.1, -0.05) is 41.9 Å². The number of amides is 1. The summed E-state index contributed by atoms with van der Waals surface area (Å²) < 4.78 is 0.688. The normalized spacial score (nSPS) is 10.7. The summed E-state index contributed by atoms with van der Waals surface area (Å²) in [4.78, 5) is 26.7. The van der Waals surface area contributed by atoms with E-state index < -0.39 is 18.4 Å². The van der Waals surface area contributed by atoms with Gasteiger partial charge in [0.05, 0.1) is 0 Å². The number of hydrogen-bond acceptors (Lipinski definition) is 4. The maximum atomic E-state index is 12.1. The monoisotopic (exact) mass is 482 g/mol. The Morgan fingerprint density at radius 2 is 1.85 bits per heavy atom. The van der Waals surface area contributed by atoms with Gasteiger partial charge in [0.25, 0.3) is 5.91 Å². The van der Waals surface area contributed by atoms with Crippen molar-refractivity contribution in [2.75, 3.05) is 6.54 Å². The van der Waals surface area contributed by atoms with Gasteiger partial charge in [-0.3, -0.25) is 9.59 Å². The maximum Gasteiger partial charge on any atom is 0.322 e. The first-order chi connectivity index (χ1) is 12.4. The van der Waals surface area contributed by atoms with Crippen LogP contribution < -0.4 is 5.32 Å². The van der Waals surface area contributed by atoms with Gasteiger partial charge in [0.1, 0.15) is 11.7 Å². The molecule has 0 aliphatic heterocycles. The molecule has 0 radical (unpaired) electrons. The maximum absolute atomic E-state index is 12.1. The van der Waals surface area contributed by atoms with Gasteiger partial charge in [0, 0.05) is 14.3 Å². The molecule has 0 bridgehead atoms. The predicted molar refractivity (Wildman–Crippen MR) is 107 cm³/mol. The molecule has 1 amide bonds. The predicted octanol–water partition coefficient (Wildman–Crippen LogP) is 3.68. The number of fused-ring (bicyclic) bond motifs is 1. The van der Waals surface area contributed by atoms with Crippen molar-refractivity contribution in [2.24, 2.45) is 0 Å². The molecular formula is C18H12ClIN2O4. The van der Waals surface area contributed by atoms with Crippen LogP contribution in [0.4, 0.5) is 0 Å². The number of aromatic hydroxyl groups is 1. The number of nitrogens with zero attached hydrogens (tertiary/aromatic N) is 1. The second kappa shape index (κ2) is 7.46. The lowest BCUT2D eigenvalue weighted by Crippen LogP contribution is -2.30. The summed E-state index contributed by atoms with van der Waals surface area (Å²) in [5.74, 6) is -2.35. The third-order valence-corrected chi connectivity index (χ3v) is 4.84. The van der Waals surface area contributed by atoms with Crippen LogP contribution in [0.25, 0.3) is 21.9 Å². The van der Waals surface area contributed by atoms with Crippen molar-refractivity contribution in [3.05, 3.63) is 56.9 Å². The minimum absolute atomic E-state index is 0.0500. The highest BCUT2D eigenvalue weighted by Gasteiger charge is 2.21. The van der Waals surface area contributed by atoms with E-state index in [1.165, 1.54) is 0 Å². The fourth-order valence-corrected chi connectivity index (χ4v) is 3.65. The van der Waals surface area contributed by atoms with E-state index in [0.717, 1.165) is 11.1 Å². The highest BCUT2D eigenvalue weighted by Crippen LogP contribution is 2.38. The van der Waals surface area contributed by atoms with E-state index >= 15 is 0 Å². The number of carbonyl (C=O) groups is 2. The minimum atomic E-state index is -1.20. The van der Waals surface area contributed by atoms with E-state index in [2.05, 4.69) is 32.9 Å². The van der Waals surface area contributed by atoms with E-state index in [9.17, 15) is 14.7 Å². The molecule has 2 aromatic carbocycles. The second-order valence-electron chi connectivity index (χ2n) is 5.42. The molecule has 0 aliphatic carbocycles. The van der Waals surface area contributed by atoms with Crippen LogP contribution in [0, 0.1) is 3.57 Å². The number of benzene rings is 2. The number of carbonyl (C=O) groups excluding carboxylic acids is 1. The molecule has 0 unspecified atom stereocenters. The highest BCUT2D eigenvalue weighted by molar-refractivity contribution is 14.1. The summed E-state index contributed by atoms with van der Waals surface area (Å²) in [7, 11) is 0. The number of nitrogens with one attached hydrogen (secondary N) is 1. The molecule has 0 aliphatic rings. The second-order valence-corrected chi connectivity index (χ2v) is 6.94. The Hall–Kier alpha value is -2.39. The summed E-state index contributed by atoms with van der Waals surface area (Å²) in [5.41, 5.74) is 1.56. The van der Waals surface area contributed by atoms with E-state index in [0.29, 0.717) is 14.3 Å². The fourth-order valence-electron chi connectivity index (χ4n) is 2.53. The van der Waals surface area contributed by atoms with E-state index in [1.807, 2.05) is 36.4 Å². The van der Waals surface area contributed by atoms with Crippen LogP contribution in [0.15, 0.2) is 42.5 Å². The van der Waals surface area contributed by atoms with Gasteiger partial charge in [-0.2, -0.15) is 0 Å². The SMILES string of the molecule is O=C(O)CNC(=O)c1nc(Cl)c2cc(-c3ccccc3)cc(I)c2c1O. The van der Waals surface area contributed by atoms with Crippen molar-refractivity contribution in [3.63, 3.8) is 0 Å². The van der Waals surface area contributed by atoms with Crippen molar-refractivity contribution >= 4 is 56.8 Å². The molecule has 1 heterocycles. The average Bonchev–Trinajstić information content (AvgIpc) is 2.62. The molecule has 3 aromatic rings. The Balaban J connectivity index is 2.14. The van der Waals surface area contributed by atoms with Crippen LogP contribution in [0.1, 0.15) is 10.5 Å². The number of pyridine rings is 1. The molecule has 0 atom stereocenters. The lowest BCUT2D eigenvalue weighted by molar-refractivity contribution is -0.135. The standard InChI is InChI=1S/C18H12ClIN2O4/c19-17-11-6-10(9-4-2-1-3-5-9)7-12(20)14(11)16(25)15(22-17)18(26)21-8-13(23)24/h1-7,25H,8H2,(H,21,26)(H,23,24). The quantitative estimate of drug-likeness (QED) is 0.389. The third-order valence-electron chi connectivity index (χ3n) is 3.71. The molecule has 8 heteroatoms. The van der Waals surface area contributed by atoms with Gasteiger partial charge in [-0.25, -0.2) is 4.98 Å². The van der Waals surface area contributed by atoms with Crippen LogP contribution >= 0.6 is 34.2 Å². The summed E-state index contributed by atoms with van der Waals surface area (Å²) in [5, 5.41) is 22.3. The van der Waals surface area contributed by atoms with Crippen molar-refractivity contribution in [1.29, 1.82) is 0 Å². The summed E-state index contributed by atoms with van der Waals surface area (Å²) >= 11 is 8.30. The van der Waals surface area contributed by atoms with Gasteiger partial charge in [-0.15, -0.1) is 0 Å². The summed E-state index contributed by atoms with van der Waals surface area (Å²) in [6, 6.07) is 13.3. The number of carboxylic acids is 1. The van der Waals surface area contributed by atoms with Crippen LogP contribution in [0.5, 0.6) is 5.75 Å². The van der Waals surface area contributed by atoms with Gasteiger partial charge in [0.15, 0.2) is 11.4 Å². The summed E-state index contributed by atoms with van der Waals surface area (Å²) in [6.45, 7) is -0.584. The Bertz CT molecular complexity index is 1020. The lowest BCUT2D eigenvalue weighted by atomic mass is 10.0. The molecule has 3 N–H and O–H groups in total. The van der Waals surface area contributed by atoms with Crippen molar-refractivity contribution in [1.82, 2.24) is 10.3 Å². The molecule has 0 saturated heterocycles. The Labute approximate surface area is 167 Å². The van der Waals surface area contributed by atoms with Gasteiger partial charge in [0.2, 0.25) is 0 Å². The van der Waals surface area contributed by atoms with E-state index in [-0.39, 0.29) is 16.6 Å². The molecule has 132 valence electrons. The smallest absolute Gasteiger partial charge is 0.322 e. The van der Waals surface area contributed by atoms with Gasteiger partial charge >= 0.3 is 5.97 Å². The molecule has 0 spiro atoms. The number of hydrogen-bond donors (Lipinski definition) is 3. The van der Waals surface area contributed by atoms with Crippen molar-refractivity contribution in [2.45, 2.75) is 0 Å². The topological polar surface area (TPSA) is 99.5 Å². The van der Waals surface area contributed by atoms with Gasteiger partial charge < -0.3 is 15.5 Å². The van der Waals surface area contributed by atoms with Crippen LogP contribution in [0.3, 0.4) is 0 Å². The highest BCUT2D eigenvalue weighted by atomic mass is 127. The zero-order valence-corrected chi connectivity index (χ0v) is 16.1. The first-order valence-electron chi connectivity index (χ1n) is 7.45. The average molecular weight is 483 g/mol. The Kier molecular flexibility index (Phi) is 5.28. The van der Waals surface area contributed by atoms with E-state index in [1.54, 1.807) is 6.07 Å². The zero-order chi connectivity index (χ0) is 18.8. The first-order valence-corrected chi connectivity index (χ1v) is 8.91. The summed E-state index contributed by atoms with van der Waals surface area (Å²) in [6.07, 6.45) is 0. The Morgan fingerprint density at radius 1 is 1.15 bits per heavy atom. The van der Waals surface area contributed by atoms with Crippen LogP contribution in [-0.2, 0) is 4.79 Å². The fraction of sp³-hybridized carbons (Fsp3) is 0.0556. The Morgan fingerprint density at radius 3 is 2.50 bits per heavy atom. The molecule has 0 saturated carbocycles. The van der Waals surface area contributed by atoms with Crippen molar-refractivity contribution in [3.8, 4) is 16.9 Å². The molecular weight excluding hydrogens is 471 g/mol. The van der Waals surface area contributed by atoms with Crippen LogP contribution in [-0.4, -0.2) is 33.6 Å². The minimum Gasteiger partial charge on any atom is -0.505 e. The third kappa shape index (κ3) is 3.58. The molecule has 26 heavy (non-hydrogen) atoms. The van der Waals surface area contributed by atoms with Crippen molar-refractivity contribution < 1.29 is 19.8 Å². The van der Waals surface area contributed by atoms with E-state index in [4.69, 9.17) is 16.7 Å². The van der Waals surface area contributed by atoms with Crippen LogP contribution in [0.2, 0.25) is 5.15 Å². The molecule has 0 fully saturated rings. The number of halogens is 2. The zero-order valence-electron chi connectivity index (χ0n) is 13.2. The largest absolute Gasteiger partial charge is 0.505 e.